The third-order valence-corrected chi connectivity index (χ3v) is 7.86. The Balaban J connectivity index is 0.000000370. The molecule has 0 aliphatic heterocycles. The van der Waals surface area contributed by atoms with E-state index in [0.717, 1.165) is 21.7 Å². The van der Waals surface area contributed by atoms with Gasteiger partial charge in [0.2, 0.25) is 10.0 Å². The van der Waals surface area contributed by atoms with Gasteiger partial charge in [-0.3, -0.25) is 14.5 Å². The van der Waals surface area contributed by atoms with Gasteiger partial charge in [-0.15, -0.1) is 11.3 Å². The van der Waals surface area contributed by atoms with Crippen LogP contribution in [0.1, 0.15) is 62.1 Å². The largest absolute Gasteiger partial charge is 0.289 e. The van der Waals surface area contributed by atoms with Crippen molar-refractivity contribution in [3.05, 3.63) is 81.9 Å². The standard InChI is InChI=1S/C23H25N3O.C6H10N2O2S2/c1-7-16(3)10-9-11-17(4)18(5)23(27)21-12-19(13-24-22(21)8-2)20-14-25-26(6)15-20;1-2-12(9,10)8-5-6-7-3-4-11-6/h7-8,12-15H,2,10H2,1,3-6H3;3-4,8H,2,5H2,1H3/b16-7-,18-17+;. The number of allylic oxidation sites excluding steroid dienone is 4. The minimum Gasteiger partial charge on any atom is -0.289 e. The predicted molar refractivity (Wildman–Crippen MR) is 159 cm³/mol. The van der Waals surface area contributed by atoms with E-state index in [1.165, 1.54) is 16.9 Å². The van der Waals surface area contributed by atoms with Crippen LogP contribution in [0.2, 0.25) is 0 Å². The van der Waals surface area contributed by atoms with Gasteiger partial charge >= 0.3 is 0 Å². The van der Waals surface area contributed by atoms with E-state index < -0.39 is 10.0 Å². The van der Waals surface area contributed by atoms with Gasteiger partial charge in [-0.2, -0.15) is 5.10 Å². The van der Waals surface area contributed by atoms with E-state index in [4.69, 9.17) is 0 Å². The van der Waals surface area contributed by atoms with Crippen molar-refractivity contribution in [3.8, 4) is 23.0 Å². The number of hydrogen-bond acceptors (Lipinski definition) is 7. The number of thiazole rings is 1. The van der Waals surface area contributed by atoms with Gasteiger partial charge < -0.3 is 0 Å². The third kappa shape index (κ3) is 9.87. The summed E-state index contributed by atoms with van der Waals surface area (Å²) in [5, 5.41) is 6.78. The van der Waals surface area contributed by atoms with E-state index >= 15 is 0 Å². The zero-order valence-electron chi connectivity index (χ0n) is 23.3. The minimum absolute atomic E-state index is 0.0855. The number of carbonyl (C=O) groups excluding carboxylic acids is 1. The molecule has 0 radical (unpaired) electrons. The number of hydrogen-bond donors (Lipinski definition) is 1. The number of sulfonamides is 1. The second kappa shape index (κ2) is 15.1. The molecule has 206 valence electrons. The summed E-state index contributed by atoms with van der Waals surface area (Å²) in [5.74, 6) is 6.23. The smallest absolute Gasteiger partial charge is 0.211 e. The van der Waals surface area contributed by atoms with Crippen molar-refractivity contribution < 1.29 is 13.2 Å². The fourth-order valence-corrected chi connectivity index (χ4v) is 4.25. The molecule has 0 saturated carbocycles. The summed E-state index contributed by atoms with van der Waals surface area (Å²) >= 11 is 1.44. The highest BCUT2D eigenvalue weighted by atomic mass is 32.2. The minimum atomic E-state index is -3.08. The van der Waals surface area contributed by atoms with E-state index in [1.807, 2.05) is 51.5 Å². The summed E-state index contributed by atoms with van der Waals surface area (Å²) in [6.45, 7) is 13.4. The monoisotopic (exact) mass is 565 g/mol. The lowest BCUT2D eigenvalue weighted by Gasteiger charge is -2.08. The molecule has 0 spiro atoms. The van der Waals surface area contributed by atoms with E-state index in [0.29, 0.717) is 29.8 Å². The first-order valence-electron chi connectivity index (χ1n) is 12.3. The number of nitrogens with zero attached hydrogens (tertiary/aromatic N) is 4. The maximum atomic E-state index is 13.1. The lowest BCUT2D eigenvalue weighted by atomic mass is 9.97. The van der Waals surface area contributed by atoms with Gasteiger partial charge in [0.05, 0.1) is 24.2 Å². The summed E-state index contributed by atoms with van der Waals surface area (Å²) in [7, 11) is -1.23. The first-order valence-corrected chi connectivity index (χ1v) is 14.8. The van der Waals surface area contributed by atoms with E-state index in [1.54, 1.807) is 43.2 Å². The number of aromatic nitrogens is 4. The molecule has 3 aromatic heterocycles. The van der Waals surface area contributed by atoms with Crippen LogP contribution in [0.5, 0.6) is 0 Å². The fraction of sp³-hybridized carbons (Fsp3) is 0.310. The normalized spacial score (nSPS) is 12.0. The first-order chi connectivity index (χ1) is 18.5. The van der Waals surface area contributed by atoms with Gasteiger partial charge in [-0.1, -0.05) is 30.1 Å². The van der Waals surface area contributed by atoms with Crippen LogP contribution in [0.25, 0.3) is 17.2 Å². The van der Waals surface area contributed by atoms with Gasteiger partial charge in [-0.05, 0) is 46.8 Å². The number of Topliss-reactive ketones (excluding diaryl/α,β-unsaturated/α-hetero) is 1. The molecule has 0 aliphatic rings. The number of rotatable bonds is 9. The molecule has 0 bridgehead atoms. The van der Waals surface area contributed by atoms with Gasteiger partial charge in [0.1, 0.15) is 5.01 Å². The van der Waals surface area contributed by atoms with Crippen LogP contribution in [0, 0.1) is 11.8 Å². The summed E-state index contributed by atoms with van der Waals surface area (Å²) < 4.78 is 26.1. The molecular weight excluding hydrogens is 530 g/mol. The van der Waals surface area contributed by atoms with Gasteiger partial charge in [0, 0.05) is 65.3 Å². The zero-order valence-corrected chi connectivity index (χ0v) is 24.9. The quantitative estimate of drug-likeness (QED) is 0.157. The van der Waals surface area contributed by atoms with Crippen LogP contribution in [0.15, 0.2) is 65.6 Å². The summed E-state index contributed by atoms with van der Waals surface area (Å²) in [6.07, 6.45) is 11.4. The van der Waals surface area contributed by atoms with Crippen LogP contribution in [0.3, 0.4) is 0 Å². The van der Waals surface area contributed by atoms with Crippen LogP contribution in [-0.4, -0.2) is 39.7 Å². The molecule has 0 aromatic carbocycles. The number of carbonyl (C=O) groups is 1. The molecule has 0 amide bonds. The van der Waals surface area contributed by atoms with Crippen molar-refractivity contribution in [1.29, 1.82) is 0 Å². The van der Waals surface area contributed by atoms with Gasteiger partial charge in [0.25, 0.3) is 0 Å². The van der Waals surface area contributed by atoms with Crippen molar-refractivity contribution in [1.82, 2.24) is 24.5 Å². The molecule has 3 aromatic rings. The molecule has 0 unspecified atom stereocenters. The number of aryl methyl sites for hydroxylation is 1. The molecule has 0 aliphatic carbocycles. The van der Waals surface area contributed by atoms with Gasteiger partial charge in [-0.25, -0.2) is 18.1 Å². The summed E-state index contributed by atoms with van der Waals surface area (Å²) in [5.41, 5.74) is 5.44. The Morgan fingerprint density at radius 3 is 2.51 bits per heavy atom. The number of pyridine rings is 1. The molecule has 3 rings (SSSR count). The van der Waals surface area contributed by atoms with Crippen molar-refractivity contribution >= 4 is 33.2 Å². The summed E-state index contributed by atoms with van der Waals surface area (Å²) in [4.78, 5) is 21.4. The summed E-state index contributed by atoms with van der Waals surface area (Å²) in [6, 6.07) is 1.84. The fourth-order valence-electron chi connectivity index (χ4n) is 3.05. The molecule has 10 heteroatoms. The lowest BCUT2D eigenvalue weighted by molar-refractivity contribution is 0.103. The molecule has 0 fully saturated rings. The highest BCUT2D eigenvalue weighted by Crippen LogP contribution is 2.23. The van der Waals surface area contributed by atoms with Crippen LogP contribution < -0.4 is 4.72 Å². The molecule has 3 heterocycles. The molecule has 1 N–H and O–H groups in total. The molecule has 0 atom stereocenters. The van der Waals surface area contributed by atoms with Crippen LogP contribution >= 0.6 is 11.3 Å². The average molecular weight is 566 g/mol. The van der Waals surface area contributed by atoms with E-state index in [9.17, 15) is 13.2 Å². The Morgan fingerprint density at radius 1 is 1.21 bits per heavy atom. The Hall–Kier alpha value is -3.65. The second-order valence-corrected chi connectivity index (χ2v) is 11.7. The van der Waals surface area contributed by atoms with E-state index in [2.05, 4.69) is 38.2 Å². The Morgan fingerprint density at radius 2 is 1.95 bits per heavy atom. The highest BCUT2D eigenvalue weighted by Gasteiger charge is 2.16. The number of ketones is 1. The van der Waals surface area contributed by atoms with Crippen molar-refractivity contribution in [2.24, 2.45) is 7.05 Å². The Labute approximate surface area is 235 Å². The Kier molecular flexibility index (Phi) is 12.2. The first kappa shape index (κ1) is 31.6. The zero-order chi connectivity index (χ0) is 29.0. The van der Waals surface area contributed by atoms with E-state index in [-0.39, 0.29) is 11.5 Å². The highest BCUT2D eigenvalue weighted by molar-refractivity contribution is 7.89. The van der Waals surface area contributed by atoms with Gasteiger partial charge in [0.15, 0.2) is 5.78 Å². The van der Waals surface area contributed by atoms with Crippen LogP contribution in [-0.2, 0) is 23.6 Å². The van der Waals surface area contributed by atoms with Crippen molar-refractivity contribution in [2.45, 2.75) is 47.6 Å². The third-order valence-electron chi connectivity index (χ3n) is 5.74. The molecular formula is C29H35N5O3S2. The topological polar surface area (TPSA) is 107 Å². The lowest BCUT2D eigenvalue weighted by Crippen LogP contribution is -2.24. The van der Waals surface area contributed by atoms with Crippen molar-refractivity contribution in [2.75, 3.05) is 5.75 Å². The maximum Gasteiger partial charge on any atom is 0.211 e. The molecule has 0 saturated heterocycles. The molecule has 8 nitrogen and oxygen atoms in total. The predicted octanol–water partition coefficient (Wildman–Crippen LogP) is 5.59. The Bertz CT molecular complexity index is 1520. The average Bonchev–Trinajstić information content (AvgIpc) is 3.63. The molecule has 39 heavy (non-hydrogen) atoms. The second-order valence-electron chi connectivity index (χ2n) is 8.61. The van der Waals surface area contributed by atoms with Crippen LogP contribution in [0.4, 0.5) is 0 Å². The maximum absolute atomic E-state index is 13.1. The SMILES string of the molecule is C=Cc1ncc(-c2cnn(C)c2)cc1C(=O)/C(C)=C(\C)C#CC/C(C)=C\C.CCS(=O)(=O)NCc1nccs1. The number of nitrogens with one attached hydrogen (secondary N) is 1. The van der Waals surface area contributed by atoms with Crippen molar-refractivity contribution in [3.63, 3.8) is 0 Å².